The highest BCUT2D eigenvalue weighted by Crippen LogP contribution is 2.39. The first kappa shape index (κ1) is 16.6. The van der Waals surface area contributed by atoms with Gasteiger partial charge < -0.3 is 18.9 Å². The fraction of sp³-hybridized carbons (Fsp3) is 0.667. The van der Waals surface area contributed by atoms with E-state index in [1.807, 2.05) is 0 Å². The van der Waals surface area contributed by atoms with E-state index in [9.17, 15) is 14.4 Å². The highest BCUT2D eigenvalue weighted by Gasteiger charge is 2.52. The van der Waals surface area contributed by atoms with Gasteiger partial charge in [0, 0.05) is 19.4 Å². The number of hydrogen-bond donors (Lipinski definition) is 0. The minimum Gasteiger partial charge on any atom is -0.465 e. The van der Waals surface area contributed by atoms with Crippen LogP contribution in [0.25, 0.3) is 0 Å². The lowest BCUT2D eigenvalue weighted by molar-refractivity contribution is -0.176. The zero-order valence-electron chi connectivity index (χ0n) is 13.0. The Bertz CT molecular complexity index is 508. The number of esters is 2. The lowest BCUT2D eigenvalue weighted by Crippen LogP contribution is -2.48. The van der Waals surface area contributed by atoms with E-state index in [-0.39, 0.29) is 6.61 Å². The third-order valence-electron chi connectivity index (χ3n) is 3.57. The second-order valence-corrected chi connectivity index (χ2v) is 5.83. The molecular weight excluding hydrogens is 292 g/mol. The zero-order chi connectivity index (χ0) is 16.5. The molecule has 22 heavy (non-hydrogen) atoms. The van der Waals surface area contributed by atoms with Crippen molar-refractivity contribution in [2.45, 2.75) is 51.8 Å². The summed E-state index contributed by atoms with van der Waals surface area (Å²) in [7, 11) is 0. The summed E-state index contributed by atoms with van der Waals surface area (Å²) in [6, 6.07) is 0. The number of rotatable bonds is 4. The first-order valence-corrected chi connectivity index (χ1v) is 7.06. The molecule has 0 radical (unpaired) electrons. The molecule has 1 fully saturated rings. The number of aldehydes is 1. The van der Waals surface area contributed by atoms with Crippen LogP contribution in [0.15, 0.2) is 11.6 Å². The number of carbonyl (C=O) groups is 3. The molecule has 0 amide bonds. The first-order valence-electron chi connectivity index (χ1n) is 7.06. The monoisotopic (exact) mass is 312 g/mol. The van der Waals surface area contributed by atoms with Crippen molar-refractivity contribution in [3.8, 4) is 0 Å². The predicted molar refractivity (Wildman–Crippen MR) is 73.6 cm³/mol. The minimum atomic E-state index is -0.853. The van der Waals surface area contributed by atoms with Crippen molar-refractivity contribution >= 4 is 18.2 Å². The summed E-state index contributed by atoms with van der Waals surface area (Å²) >= 11 is 0. The number of fused-ring (bicyclic) bond motifs is 1. The van der Waals surface area contributed by atoms with Gasteiger partial charge in [-0.2, -0.15) is 0 Å². The van der Waals surface area contributed by atoms with E-state index in [4.69, 9.17) is 18.9 Å². The van der Waals surface area contributed by atoms with E-state index in [0.29, 0.717) is 11.9 Å². The molecule has 0 bridgehead atoms. The van der Waals surface area contributed by atoms with Crippen LogP contribution in [0.2, 0.25) is 0 Å². The van der Waals surface area contributed by atoms with Crippen LogP contribution in [0.4, 0.5) is 0 Å². The SMILES string of the molecule is CC(=O)OC[C@@H]1C(C=O)=C[C@H]2OC(C)(C)O[C@H]2[C@@H]1OC(C)=O. The standard InChI is InChI=1S/C15H20O7/c1-8(17)19-7-11-10(6-16)5-12-14(13(11)20-9(2)18)22-15(3,4)21-12/h5-6,11-14H,7H2,1-4H3/t11-,12-,13-,14-/m1/s1. The topological polar surface area (TPSA) is 88.1 Å². The van der Waals surface area contributed by atoms with Gasteiger partial charge in [-0.25, -0.2) is 0 Å². The predicted octanol–water partition coefficient (Wildman–Crippen LogP) is 0.756. The van der Waals surface area contributed by atoms with Crippen LogP contribution in [0.3, 0.4) is 0 Å². The smallest absolute Gasteiger partial charge is 0.303 e. The molecule has 1 saturated heterocycles. The molecule has 0 unspecified atom stereocenters. The van der Waals surface area contributed by atoms with E-state index < -0.39 is 42.0 Å². The van der Waals surface area contributed by atoms with E-state index in [1.165, 1.54) is 13.8 Å². The molecule has 122 valence electrons. The molecule has 1 heterocycles. The summed E-state index contributed by atoms with van der Waals surface area (Å²) < 4.78 is 21.8. The molecule has 0 aromatic rings. The highest BCUT2D eigenvalue weighted by molar-refractivity contribution is 5.76. The molecule has 2 rings (SSSR count). The van der Waals surface area contributed by atoms with Crippen molar-refractivity contribution in [3.63, 3.8) is 0 Å². The quantitative estimate of drug-likeness (QED) is 0.559. The van der Waals surface area contributed by atoms with Crippen LogP contribution in [0, 0.1) is 5.92 Å². The van der Waals surface area contributed by atoms with Gasteiger partial charge in [0.1, 0.15) is 31.2 Å². The number of ether oxygens (including phenoxy) is 4. The Balaban J connectivity index is 2.31. The van der Waals surface area contributed by atoms with Gasteiger partial charge in [-0.15, -0.1) is 0 Å². The molecule has 0 spiro atoms. The normalized spacial score (nSPS) is 32.6. The van der Waals surface area contributed by atoms with Gasteiger partial charge in [0.25, 0.3) is 0 Å². The van der Waals surface area contributed by atoms with Crippen molar-refractivity contribution in [3.05, 3.63) is 11.6 Å². The Kier molecular flexibility index (Phi) is 4.67. The highest BCUT2D eigenvalue weighted by atomic mass is 16.8. The lowest BCUT2D eigenvalue weighted by Gasteiger charge is -2.35. The Morgan fingerprint density at radius 2 is 1.95 bits per heavy atom. The lowest BCUT2D eigenvalue weighted by atomic mass is 9.83. The Morgan fingerprint density at radius 3 is 2.50 bits per heavy atom. The fourth-order valence-electron chi connectivity index (χ4n) is 2.80. The van der Waals surface area contributed by atoms with Crippen molar-refractivity contribution in [2.75, 3.05) is 6.61 Å². The summed E-state index contributed by atoms with van der Waals surface area (Å²) in [5, 5.41) is 0. The molecule has 0 saturated carbocycles. The van der Waals surface area contributed by atoms with Crippen LogP contribution in [0.5, 0.6) is 0 Å². The Morgan fingerprint density at radius 1 is 1.27 bits per heavy atom. The van der Waals surface area contributed by atoms with E-state index in [1.54, 1.807) is 19.9 Å². The second-order valence-electron chi connectivity index (χ2n) is 5.83. The van der Waals surface area contributed by atoms with Crippen molar-refractivity contribution < 1.29 is 33.3 Å². The van der Waals surface area contributed by atoms with Crippen LogP contribution < -0.4 is 0 Å². The van der Waals surface area contributed by atoms with Crippen LogP contribution in [-0.4, -0.2) is 48.9 Å². The molecule has 0 aromatic heterocycles. The van der Waals surface area contributed by atoms with E-state index >= 15 is 0 Å². The van der Waals surface area contributed by atoms with E-state index in [0.717, 1.165) is 0 Å². The van der Waals surface area contributed by atoms with Crippen molar-refractivity contribution in [1.29, 1.82) is 0 Å². The van der Waals surface area contributed by atoms with Gasteiger partial charge >= 0.3 is 11.9 Å². The van der Waals surface area contributed by atoms with Crippen molar-refractivity contribution in [1.82, 2.24) is 0 Å². The summed E-state index contributed by atoms with van der Waals surface area (Å²) in [5.74, 6) is -2.41. The maximum atomic E-state index is 11.4. The molecule has 0 aromatic carbocycles. The molecule has 4 atom stereocenters. The summed E-state index contributed by atoms with van der Waals surface area (Å²) in [4.78, 5) is 33.8. The number of hydrogen-bond acceptors (Lipinski definition) is 7. The molecule has 7 nitrogen and oxygen atoms in total. The fourth-order valence-corrected chi connectivity index (χ4v) is 2.80. The maximum Gasteiger partial charge on any atom is 0.303 e. The second kappa shape index (κ2) is 6.18. The third-order valence-corrected chi connectivity index (χ3v) is 3.57. The number of carbonyl (C=O) groups excluding carboxylic acids is 3. The zero-order valence-corrected chi connectivity index (χ0v) is 13.0. The van der Waals surface area contributed by atoms with Gasteiger partial charge in [0.2, 0.25) is 0 Å². The summed E-state index contributed by atoms with van der Waals surface area (Å²) in [6.07, 6.45) is 0.501. The third kappa shape index (κ3) is 3.53. The minimum absolute atomic E-state index is 0.0646. The largest absolute Gasteiger partial charge is 0.465 e. The van der Waals surface area contributed by atoms with Crippen LogP contribution >= 0.6 is 0 Å². The average molecular weight is 312 g/mol. The molecular formula is C15H20O7. The van der Waals surface area contributed by atoms with Gasteiger partial charge in [-0.3, -0.25) is 14.4 Å². The molecule has 1 aliphatic carbocycles. The molecule has 0 N–H and O–H groups in total. The molecule has 7 heteroatoms. The van der Waals surface area contributed by atoms with Crippen LogP contribution in [-0.2, 0) is 33.3 Å². The average Bonchev–Trinajstić information content (AvgIpc) is 2.70. The van der Waals surface area contributed by atoms with E-state index in [2.05, 4.69) is 0 Å². The molecule has 2 aliphatic rings. The maximum absolute atomic E-state index is 11.4. The Labute approximate surface area is 128 Å². The van der Waals surface area contributed by atoms with Crippen LogP contribution in [0.1, 0.15) is 27.7 Å². The van der Waals surface area contributed by atoms with Gasteiger partial charge in [-0.05, 0) is 19.9 Å². The Hall–Kier alpha value is -1.73. The van der Waals surface area contributed by atoms with Gasteiger partial charge in [-0.1, -0.05) is 0 Å². The first-order chi connectivity index (χ1) is 10.2. The molecule has 1 aliphatic heterocycles. The van der Waals surface area contributed by atoms with Gasteiger partial charge in [0.05, 0.1) is 5.92 Å². The summed E-state index contributed by atoms with van der Waals surface area (Å²) in [6.45, 7) is 5.97. The van der Waals surface area contributed by atoms with Crippen molar-refractivity contribution in [2.24, 2.45) is 5.92 Å². The van der Waals surface area contributed by atoms with Gasteiger partial charge in [0.15, 0.2) is 5.79 Å². The summed E-state index contributed by atoms with van der Waals surface area (Å²) in [5.41, 5.74) is 0.370.